The topological polar surface area (TPSA) is 0 Å². The van der Waals surface area contributed by atoms with Gasteiger partial charge in [0.15, 0.2) is 0 Å². The lowest BCUT2D eigenvalue weighted by Crippen LogP contribution is -2.03. The molecule has 21 heavy (non-hydrogen) atoms. The maximum atomic E-state index is 2.48. The highest BCUT2D eigenvalue weighted by atomic mass is 32.3. The van der Waals surface area contributed by atoms with Crippen molar-refractivity contribution in [3.63, 3.8) is 0 Å². The van der Waals surface area contributed by atoms with E-state index >= 15 is 0 Å². The Morgan fingerprint density at radius 1 is 0.762 bits per heavy atom. The van der Waals surface area contributed by atoms with E-state index in [0.29, 0.717) is 0 Å². The van der Waals surface area contributed by atoms with Gasteiger partial charge in [0.2, 0.25) is 0 Å². The molecule has 1 heterocycles. The molecule has 1 aliphatic heterocycles. The van der Waals surface area contributed by atoms with E-state index < -0.39 is 10.0 Å². The van der Waals surface area contributed by atoms with E-state index in [9.17, 15) is 0 Å². The fourth-order valence-corrected chi connectivity index (χ4v) is 7.14. The largest absolute Gasteiger partial charge is 0.166 e. The summed E-state index contributed by atoms with van der Waals surface area (Å²) in [4.78, 5) is 4.72. The van der Waals surface area contributed by atoms with Gasteiger partial charge in [0.1, 0.15) is 0 Å². The van der Waals surface area contributed by atoms with Crippen LogP contribution in [0.25, 0.3) is 11.1 Å². The summed E-state index contributed by atoms with van der Waals surface area (Å²) in [5.41, 5.74) is 4.39. The number of fused-ring (bicyclic) bond motifs is 3. The van der Waals surface area contributed by atoms with E-state index in [2.05, 4.69) is 73.9 Å². The van der Waals surface area contributed by atoms with Crippen LogP contribution in [0.2, 0.25) is 0 Å². The Bertz CT molecular complexity index is 734. The number of benzene rings is 2. The first-order valence-electron chi connectivity index (χ1n) is 7.54. The Balaban J connectivity index is 2.00. The lowest BCUT2D eigenvalue weighted by atomic mass is 10.1. The molecule has 0 saturated carbocycles. The van der Waals surface area contributed by atoms with Crippen LogP contribution < -0.4 is 0 Å². The molecule has 0 bridgehead atoms. The van der Waals surface area contributed by atoms with Crippen LogP contribution in [-0.2, 0) is 0 Å². The van der Waals surface area contributed by atoms with Crippen molar-refractivity contribution in [2.75, 3.05) is 6.26 Å². The zero-order chi connectivity index (χ0) is 14.4. The minimum absolute atomic E-state index is 1.03. The molecule has 0 atom stereocenters. The van der Waals surface area contributed by atoms with Gasteiger partial charge in [-0.2, -0.15) is 10.0 Å². The van der Waals surface area contributed by atoms with Crippen LogP contribution >= 0.6 is 10.0 Å². The van der Waals surface area contributed by atoms with Crippen LogP contribution in [0.1, 0.15) is 19.8 Å². The highest BCUT2D eigenvalue weighted by molar-refractivity contribution is 8.36. The number of allylic oxidation sites excluding steroid dienone is 4. The highest BCUT2D eigenvalue weighted by Gasteiger charge is 2.37. The second-order valence-electron chi connectivity index (χ2n) is 6.06. The molecular formula is C20H20S. The normalized spacial score (nSPS) is 20.1. The molecule has 1 heteroatoms. The Labute approximate surface area is 128 Å². The first kappa shape index (κ1) is 13.0. The van der Waals surface area contributed by atoms with Gasteiger partial charge in [-0.25, -0.2) is 0 Å². The van der Waals surface area contributed by atoms with Gasteiger partial charge in [-0.15, -0.1) is 0 Å². The predicted octanol–water partition coefficient (Wildman–Crippen LogP) is 6.14. The zero-order valence-electron chi connectivity index (χ0n) is 12.6. The molecule has 0 spiro atoms. The molecule has 0 fully saturated rings. The SMILES string of the molecule is CC1=CC=C(S2(C)c3ccccc3-c3ccccc32)CC1. The monoisotopic (exact) mass is 292 g/mol. The third-order valence-electron chi connectivity index (χ3n) is 4.79. The van der Waals surface area contributed by atoms with Gasteiger partial charge in [0, 0.05) is 9.79 Å². The fourth-order valence-electron chi connectivity index (χ4n) is 3.55. The summed E-state index contributed by atoms with van der Waals surface area (Å²) in [5.74, 6) is 0. The van der Waals surface area contributed by atoms with Crippen molar-refractivity contribution in [2.45, 2.75) is 29.6 Å². The lowest BCUT2D eigenvalue weighted by Gasteiger charge is -2.37. The molecule has 0 nitrogen and oxygen atoms in total. The Morgan fingerprint density at radius 2 is 1.33 bits per heavy atom. The summed E-state index contributed by atoms with van der Waals surface area (Å²) < 4.78 is 0. The summed E-state index contributed by atoms with van der Waals surface area (Å²) in [6.45, 7) is 2.24. The van der Waals surface area contributed by atoms with Crippen LogP contribution in [0.3, 0.4) is 0 Å². The van der Waals surface area contributed by atoms with Crippen molar-refractivity contribution < 1.29 is 0 Å². The second-order valence-corrected chi connectivity index (χ2v) is 9.30. The Kier molecular flexibility index (Phi) is 2.87. The summed E-state index contributed by atoms with van der Waals surface area (Å²) in [6.07, 6.45) is 9.61. The van der Waals surface area contributed by atoms with E-state index in [1.165, 1.54) is 29.5 Å². The minimum atomic E-state index is -1.03. The van der Waals surface area contributed by atoms with Crippen molar-refractivity contribution in [2.24, 2.45) is 0 Å². The number of hydrogen-bond acceptors (Lipinski definition) is 0. The lowest BCUT2D eigenvalue weighted by molar-refractivity contribution is 0.945. The number of rotatable bonds is 1. The minimum Gasteiger partial charge on any atom is -0.166 e. The molecule has 0 aromatic heterocycles. The van der Waals surface area contributed by atoms with E-state index in [-0.39, 0.29) is 0 Å². The molecule has 1 aliphatic carbocycles. The summed E-state index contributed by atoms with van der Waals surface area (Å²) in [5, 5.41) is 0. The van der Waals surface area contributed by atoms with Gasteiger partial charge in [-0.3, -0.25) is 0 Å². The third-order valence-corrected chi connectivity index (χ3v) is 8.65. The van der Waals surface area contributed by atoms with E-state index in [1.807, 2.05) is 0 Å². The van der Waals surface area contributed by atoms with Gasteiger partial charge in [0.05, 0.1) is 0 Å². The van der Waals surface area contributed by atoms with Crippen LogP contribution in [0.15, 0.2) is 81.0 Å². The van der Waals surface area contributed by atoms with Gasteiger partial charge in [0.25, 0.3) is 0 Å². The van der Waals surface area contributed by atoms with Crippen LogP contribution in [0, 0.1) is 0 Å². The fraction of sp³-hybridized carbons (Fsp3) is 0.200. The van der Waals surface area contributed by atoms with Crippen LogP contribution in [-0.4, -0.2) is 6.26 Å². The van der Waals surface area contributed by atoms with E-state index in [4.69, 9.17) is 0 Å². The number of hydrogen-bond donors (Lipinski definition) is 0. The summed E-state index contributed by atoms with van der Waals surface area (Å²) >= 11 is 0. The molecule has 2 aliphatic rings. The molecule has 2 aromatic carbocycles. The molecule has 0 unspecified atom stereocenters. The van der Waals surface area contributed by atoms with Crippen molar-refractivity contribution in [3.05, 3.63) is 71.2 Å². The molecule has 2 aromatic rings. The maximum absolute atomic E-state index is 2.48. The predicted molar refractivity (Wildman–Crippen MR) is 93.0 cm³/mol. The van der Waals surface area contributed by atoms with E-state index in [0.717, 1.165) is 0 Å². The van der Waals surface area contributed by atoms with Crippen LogP contribution in [0.5, 0.6) is 0 Å². The standard InChI is InChI=1S/C20H20S/c1-15-11-13-16(14-12-15)21(2)19-9-5-3-7-17(19)18-8-4-6-10-20(18)21/h3-11,13H,12,14H2,1-2H3. The van der Waals surface area contributed by atoms with Gasteiger partial charge in [-0.1, -0.05) is 54.1 Å². The highest BCUT2D eigenvalue weighted by Crippen LogP contribution is 2.74. The van der Waals surface area contributed by atoms with Crippen molar-refractivity contribution in [1.82, 2.24) is 0 Å². The summed E-state index contributed by atoms with van der Waals surface area (Å²) in [6, 6.07) is 18.0. The van der Waals surface area contributed by atoms with Gasteiger partial charge >= 0.3 is 0 Å². The average Bonchev–Trinajstić information content (AvgIpc) is 2.80. The quantitative estimate of drug-likeness (QED) is 0.592. The molecule has 0 radical (unpaired) electrons. The first-order valence-corrected chi connectivity index (χ1v) is 9.58. The zero-order valence-corrected chi connectivity index (χ0v) is 13.4. The third kappa shape index (κ3) is 1.77. The van der Waals surface area contributed by atoms with Gasteiger partial charge < -0.3 is 0 Å². The molecule has 106 valence electrons. The Morgan fingerprint density at radius 3 is 1.86 bits per heavy atom. The van der Waals surface area contributed by atoms with Crippen molar-refractivity contribution in [3.8, 4) is 11.1 Å². The maximum Gasteiger partial charge on any atom is 0.00555 e. The van der Waals surface area contributed by atoms with Crippen molar-refractivity contribution in [1.29, 1.82) is 0 Å². The van der Waals surface area contributed by atoms with E-state index in [1.54, 1.807) is 14.7 Å². The summed E-state index contributed by atoms with van der Waals surface area (Å²) in [7, 11) is -1.03. The average molecular weight is 292 g/mol. The Hall–Kier alpha value is -1.73. The molecular weight excluding hydrogens is 272 g/mol. The molecule has 0 amide bonds. The second kappa shape index (κ2) is 4.64. The molecule has 4 rings (SSSR count). The van der Waals surface area contributed by atoms with Gasteiger partial charge in [-0.05, 0) is 54.2 Å². The first-order chi connectivity index (χ1) is 10.2. The molecule has 0 N–H and O–H groups in total. The van der Waals surface area contributed by atoms with Crippen LogP contribution in [0.4, 0.5) is 0 Å². The van der Waals surface area contributed by atoms with Crippen molar-refractivity contribution >= 4 is 10.0 Å². The smallest absolute Gasteiger partial charge is 0.00555 e. The molecule has 0 saturated heterocycles.